The number of hydrogen-bond donors (Lipinski definition) is 1. The Bertz CT molecular complexity index is 570. The molecule has 0 aliphatic rings. The number of rotatable bonds is 17. The number of sulfonamides is 1. The molecule has 1 N–H and O–H groups in total. The van der Waals surface area contributed by atoms with Gasteiger partial charge in [-0.15, -0.1) is 0 Å². The van der Waals surface area contributed by atoms with Gasteiger partial charge in [0.15, 0.2) is 0 Å². The van der Waals surface area contributed by atoms with Crippen LogP contribution >= 0.6 is 0 Å². The SMILES string of the molecule is CCCCCCCCCCCCOc1ccc(NS(=O)(=O)CCCC)cc1. The largest absolute Gasteiger partial charge is 0.494 e. The van der Waals surface area contributed by atoms with Crippen molar-refractivity contribution in [3.63, 3.8) is 0 Å². The van der Waals surface area contributed by atoms with Crippen LogP contribution in [0.25, 0.3) is 0 Å². The summed E-state index contributed by atoms with van der Waals surface area (Å²) in [6.45, 7) is 4.96. The van der Waals surface area contributed by atoms with Gasteiger partial charge in [0.2, 0.25) is 10.0 Å². The Balaban J connectivity index is 2.09. The molecule has 0 heterocycles. The molecule has 0 bridgehead atoms. The molecule has 0 unspecified atom stereocenters. The van der Waals surface area contributed by atoms with E-state index in [1.54, 1.807) is 12.1 Å². The van der Waals surface area contributed by atoms with E-state index in [4.69, 9.17) is 4.74 Å². The predicted molar refractivity (Wildman–Crippen MR) is 116 cm³/mol. The number of unbranched alkanes of at least 4 members (excludes halogenated alkanes) is 10. The lowest BCUT2D eigenvalue weighted by molar-refractivity contribution is 0.304. The van der Waals surface area contributed by atoms with Crippen LogP contribution in [0.3, 0.4) is 0 Å². The highest BCUT2D eigenvalue weighted by molar-refractivity contribution is 7.92. The van der Waals surface area contributed by atoms with Crippen molar-refractivity contribution in [3.05, 3.63) is 24.3 Å². The second-order valence-corrected chi connectivity index (χ2v) is 9.17. The Labute approximate surface area is 167 Å². The van der Waals surface area contributed by atoms with Crippen LogP contribution in [0.2, 0.25) is 0 Å². The number of ether oxygens (including phenoxy) is 1. The zero-order chi connectivity index (χ0) is 19.8. The quantitative estimate of drug-likeness (QED) is 0.304. The monoisotopic (exact) mass is 397 g/mol. The van der Waals surface area contributed by atoms with Gasteiger partial charge in [-0.25, -0.2) is 8.42 Å². The molecule has 27 heavy (non-hydrogen) atoms. The van der Waals surface area contributed by atoms with E-state index < -0.39 is 10.0 Å². The molecule has 0 saturated heterocycles. The van der Waals surface area contributed by atoms with E-state index in [2.05, 4.69) is 11.6 Å². The third-order valence-corrected chi connectivity index (χ3v) is 6.03. The molecule has 0 spiro atoms. The average molecular weight is 398 g/mol. The third kappa shape index (κ3) is 12.7. The van der Waals surface area contributed by atoms with Crippen molar-refractivity contribution in [1.29, 1.82) is 0 Å². The van der Waals surface area contributed by atoms with Gasteiger partial charge in [0, 0.05) is 5.69 Å². The van der Waals surface area contributed by atoms with Crippen LogP contribution < -0.4 is 9.46 Å². The maximum Gasteiger partial charge on any atom is 0.232 e. The van der Waals surface area contributed by atoms with Crippen LogP contribution in [0.5, 0.6) is 5.75 Å². The summed E-state index contributed by atoms with van der Waals surface area (Å²) in [6, 6.07) is 7.18. The molecule has 0 fully saturated rings. The van der Waals surface area contributed by atoms with Crippen molar-refractivity contribution in [2.75, 3.05) is 17.1 Å². The highest BCUT2D eigenvalue weighted by Gasteiger charge is 2.09. The number of nitrogens with one attached hydrogen (secondary N) is 1. The molecule has 1 aromatic rings. The highest BCUT2D eigenvalue weighted by Crippen LogP contribution is 2.18. The first-order valence-corrected chi connectivity index (χ1v) is 12.5. The second-order valence-electron chi connectivity index (χ2n) is 7.33. The molecule has 0 aliphatic heterocycles. The maximum atomic E-state index is 11.9. The van der Waals surface area contributed by atoms with Gasteiger partial charge in [0.05, 0.1) is 12.4 Å². The summed E-state index contributed by atoms with van der Waals surface area (Å²) in [5, 5.41) is 0. The van der Waals surface area contributed by atoms with E-state index in [0.717, 1.165) is 25.2 Å². The van der Waals surface area contributed by atoms with Gasteiger partial charge in [-0.2, -0.15) is 0 Å². The van der Waals surface area contributed by atoms with Crippen molar-refractivity contribution in [1.82, 2.24) is 0 Å². The van der Waals surface area contributed by atoms with Gasteiger partial charge in [0.1, 0.15) is 5.75 Å². The first-order chi connectivity index (χ1) is 13.1. The first-order valence-electron chi connectivity index (χ1n) is 10.8. The van der Waals surface area contributed by atoms with Gasteiger partial charge in [-0.05, 0) is 37.1 Å². The summed E-state index contributed by atoms with van der Waals surface area (Å²) in [5.41, 5.74) is 0.595. The molecule has 5 heteroatoms. The normalized spacial score (nSPS) is 11.5. The zero-order valence-electron chi connectivity index (χ0n) is 17.3. The second kappa shape index (κ2) is 14.8. The van der Waals surface area contributed by atoms with E-state index in [1.165, 1.54) is 57.8 Å². The molecular weight excluding hydrogens is 358 g/mol. The van der Waals surface area contributed by atoms with Crippen LogP contribution in [0.1, 0.15) is 90.9 Å². The van der Waals surface area contributed by atoms with Crippen molar-refractivity contribution >= 4 is 15.7 Å². The summed E-state index contributed by atoms with van der Waals surface area (Å²) in [5.74, 6) is 0.961. The molecule has 4 nitrogen and oxygen atoms in total. The van der Waals surface area contributed by atoms with Crippen LogP contribution in [0.4, 0.5) is 5.69 Å². The Morgan fingerprint density at radius 3 is 1.81 bits per heavy atom. The van der Waals surface area contributed by atoms with Gasteiger partial charge in [-0.3, -0.25) is 4.72 Å². The Morgan fingerprint density at radius 1 is 0.741 bits per heavy atom. The third-order valence-electron chi connectivity index (χ3n) is 4.66. The summed E-state index contributed by atoms with van der Waals surface area (Å²) < 4.78 is 32.1. The summed E-state index contributed by atoms with van der Waals surface area (Å²) in [4.78, 5) is 0. The van der Waals surface area contributed by atoms with Crippen molar-refractivity contribution in [2.24, 2.45) is 0 Å². The van der Waals surface area contributed by atoms with Gasteiger partial charge in [-0.1, -0.05) is 78.1 Å². The standard InChI is InChI=1S/C22H39NO3S/c1-3-5-7-8-9-10-11-12-13-14-19-26-22-17-15-21(16-18-22)23-27(24,25)20-6-4-2/h15-18,23H,3-14,19-20H2,1-2H3. The molecule has 1 rings (SSSR count). The van der Waals surface area contributed by atoms with E-state index in [-0.39, 0.29) is 5.75 Å². The average Bonchev–Trinajstić information content (AvgIpc) is 2.65. The fraction of sp³-hybridized carbons (Fsp3) is 0.727. The maximum absolute atomic E-state index is 11.9. The van der Waals surface area contributed by atoms with E-state index >= 15 is 0 Å². The molecule has 0 saturated carbocycles. The number of benzene rings is 1. The Morgan fingerprint density at radius 2 is 1.26 bits per heavy atom. The van der Waals surface area contributed by atoms with Crippen molar-refractivity contribution < 1.29 is 13.2 Å². The Hall–Kier alpha value is -1.23. The van der Waals surface area contributed by atoms with Crippen LogP contribution in [0, 0.1) is 0 Å². The zero-order valence-corrected chi connectivity index (χ0v) is 18.2. The fourth-order valence-corrected chi connectivity index (χ4v) is 4.23. The highest BCUT2D eigenvalue weighted by atomic mass is 32.2. The lowest BCUT2D eigenvalue weighted by Crippen LogP contribution is -2.16. The van der Waals surface area contributed by atoms with E-state index in [9.17, 15) is 8.42 Å². The molecular formula is C22H39NO3S. The molecule has 0 atom stereocenters. The minimum absolute atomic E-state index is 0.167. The minimum atomic E-state index is -3.24. The van der Waals surface area contributed by atoms with Crippen LogP contribution in [0.15, 0.2) is 24.3 Å². The summed E-state index contributed by atoms with van der Waals surface area (Å²) in [6.07, 6.45) is 14.7. The lowest BCUT2D eigenvalue weighted by Gasteiger charge is -2.09. The topological polar surface area (TPSA) is 55.4 Å². The molecule has 1 aromatic carbocycles. The van der Waals surface area contributed by atoms with Gasteiger partial charge >= 0.3 is 0 Å². The number of hydrogen-bond acceptors (Lipinski definition) is 3. The molecule has 156 valence electrons. The van der Waals surface area contributed by atoms with Crippen molar-refractivity contribution in [3.8, 4) is 5.75 Å². The van der Waals surface area contributed by atoms with Crippen LogP contribution in [-0.4, -0.2) is 20.8 Å². The predicted octanol–water partition coefficient (Wildman–Crippen LogP) is 6.53. The lowest BCUT2D eigenvalue weighted by atomic mass is 10.1. The number of anilines is 1. The van der Waals surface area contributed by atoms with E-state index in [1.807, 2.05) is 19.1 Å². The first kappa shape index (κ1) is 23.8. The smallest absolute Gasteiger partial charge is 0.232 e. The van der Waals surface area contributed by atoms with Crippen LogP contribution in [-0.2, 0) is 10.0 Å². The van der Waals surface area contributed by atoms with E-state index in [0.29, 0.717) is 12.1 Å². The molecule has 0 aliphatic carbocycles. The fourth-order valence-electron chi connectivity index (χ4n) is 2.96. The molecule has 0 radical (unpaired) electrons. The molecule has 0 aromatic heterocycles. The Kier molecular flexibility index (Phi) is 13.0. The molecule has 0 amide bonds. The van der Waals surface area contributed by atoms with Gasteiger partial charge in [0.25, 0.3) is 0 Å². The van der Waals surface area contributed by atoms with Crippen molar-refractivity contribution in [2.45, 2.75) is 90.9 Å². The minimum Gasteiger partial charge on any atom is -0.494 e. The van der Waals surface area contributed by atoms with Gasteiger partial charge < -0.3 is 4.74 Å². The summed E-state index contributed by atoms with van der Waals surface area (Å²) >= 11 is 0. The summed E-state index contributed by atoms with van der Waals surface area (Å²) in [7, 11) is -3.24.